The Bertz CT molecular complexity index is 388. The summed E-state index contributed by atoms with van der Waals surface area (Å²) in [6.07, 6.45) is 5.92. The Hall–Kier alpha value is -0.380. The van der Waals surface area contributed by atoms with Gasteiger partial charge < -0.3 is 10.1 Å². The maximum absolute atomic E-state index is 5.88. The van der Waals surface area contributed by atoms with E-state index in [1.165, 1.54) is 31.2 Å². The minimum atomic E-state index is 0.0249. The van der Waals surface area contributed by atoms with Crippen LogP contribution in [0.25, 0.3) is 0 Å². The molecule has 1 saturated carbocycles. The zero-order valence-corrected chi connectivity index (χ0v) is 12.8. The second-order valence-corrected chi connectivity index (χ2v) is 6.07. The minimum absolute atomic E-state index is 0.0249. The van der Waals surface area contributed by atoms with E-state index in [2.05, 4.69) is 45.5 Å². The van der Waals surface area contributed by atoms with E-state index in [1.54, 1.807) is 0 Å². The highest BCUT2D eigenvalue weighted by Crippen LogP contribution is 2.36. The van der Waals surface area contributed by atoms with Crippen LogP contribution in [0.1, 0.15) is 31.2 Å². The minimum Gasteiger partial charge on any atom is -0.377 e. The predicted molar refractivity (Wildman–Crippen MR) is 78.9 cm³/mol. The van der Waals surface area contributed by atoms with Gasteiger partial charge in [0.2, 0.25) is 0 Å². The maximum Gasteiger partial charge on any atom is 0.0834 e. The van der Waals surface area contributed by atoms with Crippen molar-refractivity contribution in [1.29, 1.82) is 0 Å². The van der Waals surface area contributed by atoms with Crippen LogP contribution >= 0.6 is 15.9 Å². The lowest BCUT2D eigenvalue weighted by atomic mass is 9.87. The third-order valence-corrected chi connectivity index (χ3v) is 4.66. The number of likely N-dealkylation sites (N-methyl/N-ethyl adjacent to an activating group) is 1. The summed E-state index contributed by atoms with van der Waals surface area (Å²) < 4.78 is 7.03. The zero-order chi connectivity index (χ0) is 13.0. The second kappa shape index (κ2) is 6.18. The Morgan fingerprint density at radius 3 is 2.67 bits per heavy atom. The number of ether oxygens (including phenoxy) is 1. The molecule has 1 atom stereocenters. The summed E-state index contributed by atoms with van der Waals surface area (Å²) in [5, 5.41) is 3.46. The van der Waals surface area contributed by atoms with E-state index in [0.717, 1.165) is 10.9 Å². The van der Waals surface area contributed by atoms with Gasteiger partial charge >= 0.3 is 0 Å². The molecule has 0 spiro atoms. The van der Waals surface area contributed by atoms with Crippen molar-refractivity contribution in [3.63, 3.8) is 0 Å². The van der Waals surface area contributed by atoms with Crippen LogP contribution in [0.5, 0.6) is 0 Å². The average molecular weight is 312 g/mol. The average Bonchev–Trinajstić information content (AvgIpc) is 2.86. The van der Waals surface area contributed by atoms with Crippen LogP contribution in [-0.4, -0.2) is 25.8 Å². The van der Waals surface area contributed by atoms with Crippen molar-refractivity contribution in [2.45, 2.75) is 43.7 Å². The SMILES string of the molecule is CNC(Cc1cccc(Br)c1)C1(OC)CCCC1. The Balaban J connectivity index is 2.13. The van der Waals surface area contributed by atoms with E-state index in [9.17, 15) is 0 Å². The van der Waals surface area contributed by atoms with Crippen molar-refractivity contribution in [1.82, 2.24) is 5.32 Å². The van der Waals surface area contributed by atoms with Crippen LogP contribution in [0.2, 0.25) is 0 Å². The van der Waals surface area contributed by atoms with Gasteiger partial charge in [0, 0.05) is 17.6 Å². The number of benzene rings is 1. The van der Waals surface area contributed by atoms with Crippen molar-refractivity contribution >= 4 is 15.9 Å². The smallest absolute Gasteiger partial charge is 0.0834 e. The lowest BCUT2D eigenvalue weighted by molar-refractivity contribution is -0.0336. The first-order chi connectivity index (χ1) is 8.70. The van der Waals surface area contributed by atoms with Gasteiger partial charge in [-0.05, 0) is 44.0 Å². The summed E-state index contributed by atoms with van der Waals surface area (Å²) in [6.45, 7) is 0. The summed E-state index contributed by atoms with van der Waals surface area (Å²) in [7, 11) is 3.90. The van der Waals surface area contributed by atoms with Gasteiger partial charge in [0.05, 0.1) is 5.60 Å². The van der Waals surface area contributed by atoms with E-state index >= 15 is 0 Å². The van der Waals surface area contributed by atoms with Gasteiger partial charge in [-0.1, -0.05) is 40.9 Å². The normalized spacial score (nSPS) is 19.9. The van der Waals surface area contributed by atoms with Crippen molar-refractivity contribution in [2.75, 3.05) is 14.2 Å². The first-order valence-corrected chi connectivity index (χ1v) is 7.46. The lowest BCUT2D eigenvalue weighted by Crippen LogP contribution is -2.50. The predicted octanol–water partition coefficient (Wildman–Crippen LogP) is 3.54. The van der Waals surface area contributed by atoms with E-state index in [4.69, 9.17) is 4.74 Å². The quantitative estimate of drug-likeness (QED) is 0.898. The summed E-state index contributed by atoms with van der Waals surface area (Å²) >= 11 is 3.54. The molecule has 18 heavy (non-hydrogen) atoms. The van der Waals surface area contributed by atoms with Gasteiger partial charge in [-0.15, -0.1) is 0 Å². The molecular weight excluding hydrogens is 290 g/mol. The monoisotopic (exact) mass is 311 g/mol. The Kier molecular flexibility index (Phi) is 4.82. The highest BCUT2D eigenvalue weighted by atomic mass is 79.9. The number of halogens is 1. The topological polar surface area (TPSA) is 21.3 Å². The van der Waals surface area contributed by atoms with Crippen LogP contribution in [0, 0.1) is 0 Å². The van der Waals surface area contributed by atoms with E-state index in [0.29, 0.717) is 6.04 Å². The number of methoxy groups -OCH3 is 1. The Morgan fingerprint density at radius 2 is 2.11 bits per heavy atom. The van der Waals surface area contributed by atoms with Crippen molar-refractivity contribution < 1.29 is 4.74 Å². The molecule has 1 aromatic rings. The van der Waals surface area contributed by atoms with Gasteiger partial charge in [0.25, 0.3) is 0 Å². The maximum atomic E-state index is 5.88. The van der Waals surface area contributed by atoms with E-state index in [1.807, 2.05) is 14.2 Å². The fourth-order valence-electron chi connectivity index (χ4n) is 3.12. The fourth-order valence-corrected chi connectivity index (χ4v) is 3.57. The molecule has 1 aliphatic carbocycles. The fraction of sp³-hybridized carbons (Fsp3) is 0.600. The molecule has 1 N–H and O–H groups in total. The van der Waals surface area contributed by atoms with Gasteiger partial charge in [0.15, 0.2) is 0 Å². The number of rotatable bonds is 5. The van der Waals surface area contributed by atoms with Crippen LogP contribution in [-0.2, 0) is 11.2 Å². The van der Waals surface area contributed by atoms with Crippen molar-refractivity contribution in [2.24, 2.45) is 0 Å². The summed E-state index contributed by atoms with van der Waals surface area (Å²) in [5.74, 6) is 0. The lowest BCUT2D eigenvalue weighted by Gasteiger charge is -2.36. The van der Waals surface area contributed by atoms with Crippen molar-refractivity contribution in [3.8, 4) is 0 Å². The molecule has 3 heteroatoms. The molecule has 1 unspecified atom stereocenters. The Morgan fingerprint density at radius 1 is 1.39 bits per heavy atom. The van der Waals surface area contributed by atoms with Crippen LogP contribution < -0.4 is 5.32 Å². The van der Waals surface area contributed by atoms with Gasteiger partial charge in [-0.2, -0.15) is 0 Å². The molecule has 2 rings (SSSR count). The van der Waals surface area contributed by atoms with Gasteiger partial charge in [-0.3, -0.25) is 0 Å². The van der Waals surface area contributed by atoms with Crippen molar-refractivity contribution in [3.05, 3.63) is 34.3 Å². The number of hydrogen-bond donors (Lipinski definition) is 1. The third-order valence-electron chi connectivity index (χ3n) is 4.17. The molecule has 0 aromatic heterocycles. The highest BCUT2D eigenvalue weighted by molar-refractivity contribution is 9.10. The molecule has 0 bridgehead atoms. The summed E-state index contributed by atoms with van der Waals surface area (Å²) in [5.41, 5.74) is 1.38. The first-order valence-electron chi connectivity index (χ1n) is 6.67. The zero-order valence-electron chi connectivity index (χ0n) is 11.2. The molecule has 1 aromatic carbocycles. The molecule has 100 valence electrons. The highest BCUT2D eigenvalue weighted by Gasteiger charge is 2.40. The molecule has 1 fully saturated rings. The number of nitrogens with one attached hydrogen (secondary N) is 1. The second-order valence-electron chi connectivity index (χ2n) is 5.15. The molecule has 2 nitrogen and oxygen atoms in total. The summed E-state index contributed by atoms with van der Waals surface area (Å²) in [4.78, 5) is 0. The molecule has 0 heterocycles. The molecule has 0 radical (unpaired) electrons. The Labute approximate surface area is 118 Å². The summed E-state index contributed by atoms with van der Waals surface area (Å²) in [6, 6.07) is 8.94. The van der Waals surface area contributed by atoms with Crippen LogP contribution in [0.15, 0.2) is 28.7 Å². The molecule has 0 amide bonds. The molecule has 0 saturated heterocycles. The van der Waals surface area contributed by atoms with Gasteiger partial charge in [-0.25, -0.2) is 0 Å². The third kappa shape index (κ3) is 2.95. The first kappa shape index (κ1) is 14.0. The van der Waals surface area contributed by atoms with Gasteiger partial charge in [0.1, 0.15) is 0 Å². The van der Waals surface area contributed by atoms with Crippen LogP contribution in [0.3, 0.4) is 0 Å². The molecule has 0 aliphatic heterocycles. The molecular formula is C15H22BrNO. The number of hydrogen-bond acceptors (Lipinski definition) is 2. The van der Waals surface area contributed by atoms with E-state index in [-0.39, 0.29) is 5.60 Å². The largest absolute Gasteiger partial charge is 0.377 e. The van der Waals surface area contributed by atoms with Crippen LogP contribution in [0.4, 0.5) is 0 Å². The van der Waals surface area contributed by atoms with E-state index < -0.39 is 0 Å². The molecule has 1 aliphatic rings. The standard InChI is InChI=1S/C15H22BrNO/c1-17-14(15(18-2)8-3-4-9-15)11-12-6-5-7-13(16)10-12/h5-7,10,14,17H,3-4,8-9,11H2,1-2H3.